The van der Waals surface area contributed by atoms with Crippen molar-refractivity contribution in [2.75, 3.05) is 0 Å². The average Bonchev–Trinajstić information content (AvgIpc) is 2.48. The van der Waals surface area contributed by atoms with Gasteiger partial charge in [-0.05, 0) is 23.8 Å². The second kappa shape index (κ2) is 5.05. The average molecular weight is 264 g/mol. The van der Waals surface area contributed by atoms with Crippen LogP contribution in [0.5, 0.6) is 5.75 Å². The Kier molecular flexibility index (Phi) is 3.09. The van der Waals surface area contributed by atoms with E-state index in [1.54, 1.807) is 36.4 Å². The van der Waals surface area contributed by atoms with Crippen LogP contribution < -0.4 is 5.63 Å². The Bertz CT molecular complexity index is 830. The van der Waals surface area contributed by atoms with Crippen LogP contribution in [0.15, 0.2) is 63.8 Å². The van der Waals surface area contributed by atoms with Gasteiger partial charge in [-0.25, -0.2) is 4.79 Å². The standard InChI is InChI=1S/C17H12O3/c18-16-13-8-4-5-9-15(13)20-17(19)14(16)11-10-12-6-2-1-3-7-12/h1-11,18H/b11-10+. The molecule has 0 saturated carbocycles. The van der Waals surface area contributed by atoms with Crippen LogP contribution in [0.3, 0.4) is 0 Å². The minimum Gasteiger partial charge on any atom is -0.506 e. The molecule has 0 amide bonds. The molecule has 3 rings (SSSR count). The Morgan fingerprint density at radius 1 is 0.900 bits per heavy atom. The van der Waals surface area contributed by atoms with Crippen LogP contribution in [0.25, 0.3) is 23.1 Å². The summed E-state index contributed by atoms with van der Waals surface area (Å²) in [5.41, 5.74) is 0.937. The lowest BCUT2D eigenvalue weighted by molar-refractivity contribution is 0.466. The Labute approximate surface area is 115 Å². The maximum atomic E-state index is 11.9. The second-order valence-electron chi connectivity index (χ2n) is 4.39. The van der Waals surface area contributed by atoms with Crippen molar-refractivity contribution >= 4 is 23.1 Å². The molecule has 0 atom stereocenters. The van der Waals surface area contributed by atoms with Gasteiger partial charge in [0.1, 0.15) is 16.9 Å². The number of benzene rings is 2. The van der Waals surface area contributed by atoms with Gasteiger partial charge >= 0.3 is 5.63 Å². The van der Waals surface area contributed by atoms with Crippen LogP contribution in [0.1, 0.15) is 11.1 Å². The Morgan fingerprint density at radius 2 is 1.60 bits per heavy atom. The number of hydrogen-bond acceptors (Lipinski definition) is 3. The normalized spacial score (nSPS) is 11.2. The fourth-order valence-corrected chi connectivity index (χ4v) is 2.04. The van der Waals surface area contributed by atoms with Crippen molar-refractivity contribution in [3.05, 3.63) is 76.1 Å². The highest BCUT2D eigenvalue weighted by atomic mass is 16.4. The van der Waals surface area contributed by atoms with Crippen molar-refractivity contribution in [1.82, 2.24) is 0 Å². The zero-order valence-electron chi connectivity index (χ0n) is 10.6. The lowest BCUT2D eigenvalue weighted by atomic mass is 10.1. The zero-order chi connectivity index (χ0) is 13.9. The van der Waals surface area contributed by atoms with Gasteiger partial charge in [0, 0.05) is 0 Å². The number of hydrogen-bond donors (Lipinski definition) is 1. The second-order valence-corrected chi connectivity index (χ2v) is 4.39. The molecule has 0 saturated heterocycles. The Hall–Kier alpha value is -2.81. The summed E-state index contributed by atoms with van der Waals surface area (Å²) < 4.78 is 5.20. The quantitative estimate of drug-likeness (QED) is 0.718. The van der Waals surface area contributed by atoms with E-state index in [1.807, 2.05) is 30.3 Å². The Balaban J connectivity index is 2.12. The summed E-state index contributed by atoms with van der Waals surface area (Å²) in [6, 6.07) is 16.5. The van der Waals surface area contributed by atoms with Gasteiger partial charge in [0.25, 0.3) is 0 Å². The first-order chi connectivity index (χ1) is 9.75. The van der Waals surface area contributed by atoms with Crippen molar-refractivity contribution in [1.29, 1.82) is 0 Å². The van der Waals surface area contributed by atoms with E-state index in [2.05, 4.69) is 0 Å². The molecule has 98 valence electrons. The molecule has 0 unspecified atom stereocenters. The van der Waals surface area contributed by atoms with Gasteiger partial charge in [-0.3, -0.25) is 0 Å². The monoisotopic (exact) mass is 264 g/mol. The summed E-state index contributed by atoms with van der Waals surface area (Å²) in [5, 5.41) is 10.7. The fourth-order valence-electron chi connectivity index (χ4n) is 2.04. The van der Waals surface area contributed by atoms with Gasteiger partial charge in [0.05, 0.1) is 5.39 Å². The fraction of sp³-hybridized carbons (Fsp3) is 0. The van der Waals surface area contributed by atoms with Crippen LogP contribution >= 0.6 is 0 Å². The van der Waals surface area contributed by atoms with Crippen LogP contribution in [-0.4, -0.2) is 5.11 Å². The van der Waals surface area contributed by atoms with E-state index in [0.717, 1.165) is 5.56 Å². The van der Waals surface area contributed by atoms with Crippen LogP contribution in [0, 0.1) is 0 Å². The van der Waals surface area contributed by atoms with E-state index in [4.69, 9.17) is 4.42 Å². The topological polar surface area (TPSA) is 50.4 Å². The molecule has 0 fully saturated rings. The highest BCUT2D eigenvalue weighted by Gasteiger charge is 2.10. The maximum Gasteiger partial charge on any atom is 0.347 e. The van der Waals surface area contributed by atoms with Gasteiger partial charge in [-0.15, -0.1) is 0 Å². The van der Waals surface area contributed by atoms with Gasteiger partial charge in [-0.1, -0.05) is 48.5 Å². The van der Waals surface area contributed by atoms with Gasteiger partial charge < -0.3 is 9.52 Å². The van der Waals surface area contributed by atoms with Crippen molar-refractivity contribution in [2.24, 2.45) is 0 Å². The molecule has 1 N–H and O–H groups in total. The first kappa shape index (κ1) is 12.2. The molecule has 3 nitrogen and oxygen atoms in total. The smallest absolute Gasteiger partial charge is 0.347 e. The summed E-state index contributed by atoms with van der Waals surface area (Å²) >= 11 is 0. The predicted molar refractivity (Wildman–Crippen MR) is 79.5 cm³/mol. The van der Waals surface area contributed by atoms with Crippen LogP contribution in [-0.2, 0) is 0 Å². The highest BCUT2D eigenvalue weighted by molar-refractivity contribution is 5.88. The summed E-state index contributed by atoms with van der Waals surface area (Å²) in [7, 11) is 0. The highest BCUT2D eigenvalue weighted by Crippen LogP contribution is 2.27. The van der Waals surface area contributed by atoms with E-state index >= 15 is 0 Å². The zero-order valence-corrected chi connectivity index (χ0v) is 10.6. The van der Waals surface area contributed by atoms with Crippen LogP contribution in [0.2, 0.25) is 0 Å². The van der Waals surface area contributed by atoms with Crippen molar-refractivity contribution in [3.8, 4) is 5.75 Å². The Morgan fingerprint density at radius 3 is 2.40 bits per heavy atom. The van der Waals surface area contributed by atoms with E-state index in [0.29, 0.717) is 11.0 Å². The first-order valence-corrected chi connectivity index (χ1v) is 6.23. The third kappa shape index (κ3) is 2.21. The first-order valence-electron chi connectivity index (χ1n) is 6.23. The van der Waals surface area contributed by atoms with Crippen molar-refractivity contribution in [2.45, 2.75) is 0 Å². The lowest BCUT2D eigenvalue weighted by Crippen LogP contribution is -2.03. The largest absolute Gasteiger partial charge is 0.506 e. The SMILES string of the molecule is O=c1oc2ccccc2c(O)c1/C=C/c1ccccc1. The molecule has 0 aliphatic heterocycles. The molecule has 20 heavy (non-hydrogen) atoms. The molecule has 1 heterocycles. The summed E-state index contributed by atoms with van der Waals surface area (Å²) in [5.74, 6) is -0.0518. The maximum absolute atomic E-state index is 11.9. The van der Waals surface area contributed by atoms with Crippen molar-refractivity contribution in [3.63, 3.8) is 0 Å². The molecule has 0 aliphatic carbocycles. The third-order valence-electron chi connectivity index (χ3n) is 3.06. The predicted octanol–water partition coefficient (Wildman–Crippen LogP) is 3.67. The van der Waals surface area contributed by atoms with Gasteiger partial charge in [0.15, 0.2) is 0 Å². The molecule has 1 aromatic heterocycles. The minimum absolute atomic E-state index is 0.0518. The molecule has 0 radical (unpaired) electrons. The minimum atomic E-state index is -0.548. The molecule has 2 aromatic carbocycles. The summed E-state index contributed by atoms with van der Waals surface area (Å²) in [4.78, 5) is 11.9. The molecular formula is C17H12O3. The number of para-hydroxylation sites is 1. The number of fused-ring (bicyclic) bond motifs is 1. The molecule has 0 spiro atoms. The molecule has 3 heteroatoms. The van der Waals surface area contributed by atoms with Crippen LogP contribution in [0.4, 0.5) is 0 Å². The van der Waals surface area contributed by atoms with E-state index in [1.165, 1.54) is 0 Å². The number of aromatic hydroxyl groups is 1. The molecule has 0 aliphatic rings. The molecule has 3 aromatic rings. The van der Waals surface area contributed by atoms with E-state index < -0.39 is 5.63 Å². The van der Waals surface area contributed by atoms with Gasteiger partial charge in [0.2, 0.25) is 0 Å². The summed E-state index contributed by atoms with van der Waals surface area (Å²) in [6.07, 6.45) is 3.34. The van der Waals surface area contributed by atoms with Crippen molar-refractivity contribution < 1.29 is 9.52 Å². The molecule has 0 bridgehead atoms. The molecular weight excluding hydrogens is 252 g/mol. The van der Waals surface area contributed by atoms with E-state index in [-0.39, 0.29) is 11.3 Å². The third-order valence-corrected chi connectivity index (χ3v) is 3.06. The van der Waals surface area contributed by atoms with Gasteiger partial charge in [-0.2, -0.15) is 0 Å². The number of rotatable bonds is 2. The lowest BCUT2D eigenvalue weighted by Gasteiger charge is -2.02. The summed E-state index contributed by atoms with van der Waals surface area (Å²) in [6.45, 7) is 0. The van der Waals surface area contributed by atoms with E-state index in [9.17, 15) is 9.90 Å².